The smallest absolute Gasteiger partial charge is 0.254 e. The van der Waals surface area contributed by atoms with Gasteiger partial charge in [0.2, 0.25) is 0 Å². The zero-order chi connectivity index (χ0) is 19.9. The molecule has 0 saturated carbocycles. The van der Waals surface area contributed by atoms with Crippen molar-refractivity contribution in [2.45, 2.75) is 52.7 Å². The predicted octanol–water partition coefficient (Wildman–Crippen LogP) is 4.48. The van der Waals surface area contributed by atoms with Crippen molar-refractivity contribution < 1.29 is 4.74 Å². The average molecular weight is 377 g/mol. The summed E-state index contributed by atoms with van der Waals surface area (Å²) in [6.45, 7) is 6.41. The van der Waals surface area contributed by atoms with Crippen molar-refractivity contribution in [1.29, 1.82) is 0 Å². The first-order chi connectivity index (χ1) is 13.6. The Labute approximate surface area is 166 Å². The third kappa shape index (κ3) is 4.85. The van der Waals surface area contributed by atoms with E-state index in [1.165, 1.54) is 24.5 Å². The topological polar surface area (TPSA) is 57.0 Å². The second-order valence-electron chi connectivity index (χ2n) is 7.02. The van der Waals surface area contributed by atoms with Gasteiger partial charge in [-0.05, 0) is 49.9 Å². The summed E-state index contributed by atoms with van der Waals surface area (Å²) in [6.07, 6.45) is 6.83. The lowest BCUT2D eigenvalue weighted by molar-refractivity contribution is 0.294. The molecule has 0 spiro atoms. The lowest BCUT2D eigenvalue weighted by Crippen LogP contribution is -2.25. The van der Waals surface area contributed by atoms with Crippen LogP contribution in [0.5, 0.6) is 5.75 Å². The molecule has 5 nitrogen and oxygen atoms in total. The lowest BCUT2D eigenvalue weighted by Gasteiger charge is -2.20. The number of nitrogens with zero attached hydrogens (tertiary/aromatic N) is 3. The molecule has 0 fully saturated rings. The van der Waals surface area contributed by atoms with Gasteiger partial charge in [0.1, 0.15) is 12.4 Å². The monoisotopic (exact) mass is 377 g/mol. The van der Waals surface area contributed by atoms with Crippen molar-refractivity contribution in [1.82, 2.24) is 14.5 Å². The van der Waals surface area contributed by atoms with Crippen LogP contribution in [0.15, 0.2) is 59.7 Å². The molecule has 3 rings (SSSR count). The Kier molecular flexibility index (Phi) is 6.58. The summed E-state index contributed by atoms with van der Waals surface area (Å²) in [5.74, 6) is 1.12. The number of rotatable bonds is 8. The van der Waals surface area contributed by atoms with Gasteiger partial charge in [0.05, 0.1) is 6.04 Å². The minimum Gasteiger partial charge on any atom is -0.485 e. The standard InChI is InChI=1S/C23H27N3O2/c1-4-5-7-19-8-10-20(11-9-19)18(3)26-17(2)14-21(15-23(26)27)28-16-22-24-12-6-13-25-22/h6,8-15,18H,4-5,7,16H2,1-3H3. The fourth-order valence-corrected chi connectivity index (χ4v) is 3.31. The first kappa shape index (κ1) is 19.8. The highest BCUT2D eigenvalue weighted by molar-refractivity contribution is 5.29. The highest BCUT2D eigenvalue weighted by Crippen LogP contribution is 2.21. The van der Waals surface area contributed by atoms with Crippen LogP contribution in [0.4, 0.5) is 0 Å². The van der Waals surface area contributed by atoms with E-state index >= 15 is 0 Å². The molecule has 0 aliphatic carbocycles. The molecule has 2 aromatic heterocycles. The summed E-state index contributed by atoms with van der Waals surface area (Å²) in [5.41, 5.74) is 3.25. The van der Waals surface area contributed by atoms with Gasteiger partial charge in [0, 0.05) is 24.2 Å². The second-order valence-corrected chi connectivity index (χ2v) is 7.02. The molecule has 146 valence electrons. The summed E-state index contributed by atoms with van der Waals surface area (Å²) in [7, 11) is 0. The third-order valence-corrected chi connectivity index (χ3v) is 4.89. The highest BCUT2D eigenvalue weighted by atomic mass is 16.5. The van der Waals surface area contributed by atoms with Crippen molar-refractivity contribution in [3.05, 3.63) is 87.9 Å². The molecule has 1 atom stereocenters. The van der Waals surface area contributed by atoms with Gasteiger partial charge in [0.15, 0.2) is 5.82 Å². The number of aryl methyl sites for hydroxylation is 2. The van der Waals surface area contributed by atoms with Crippen LogP contribution in [-0.2, 0) is 13.0 Å². The van der Waals surface area contributed by atoms with E-state index in [1.807, 2.05) is 19.9 Å². The van der Waals surface area contributed by atoms with E-state index in [0.717, 1.165) is 17.7 Å². The Bertz CT molecular complexity index is 950. The number of pyridine rings is 1. The van der Waals surface area contributed by atoms with Gasteiger partial charge in [-0.2, -0.15) is 0 Å². The summed E-state index contributed by atoms with van der Waals surface area (Å²) >= 11 is 0. The Morgan fingerprint density at radius 3 is 2.46 bits per heavy atom. The highest BCUT2D eigenvalue weighted by Gasteiger charge is 2.13. The molecule has 3 aromatic rings. The molecular weight excluding hydrogens is 350 g/mol. The Hall–Kier alpha value is -2.95. The minimum absolute atomic E-state index is 0.0424. The number of aromatic nitrogens is 3. The minimum atomic E-state index is -0.0773. The van der Waals surface area contributed by atoms with E-state index in [1.54, 1.807) is 23.0 Å². The maximum atomic E-state index is 12.7. The van der Waals surface area contributed by atoms with Crippen LogP contribution in [0.2, 0.25) is 0 Å². The zero-order valence-corrected chi connectivity index (χ0v) is 16.8. The maximum absolute atomic E-state index is 12.7. The number of ether oxygens (including phenoxy) is 1. The number of unbranched alkanes of at least 4 members (excludes halogenated alkanes) is 1. The van der Waals surface area contributed by atoms with Crippen molar-refractivity contribution in [2.75, 3.05) is 0 Å². The first-order valence-corrected chi connectivity index (χ1v) is 9.79. The maximum Gasteiger partial charge on any atom is 0.254 e. The number of benzene rings is 1. The van der Waals surface area contributed by atoms with Gasteiger partial charge in [-0.1, -0.05) is 37.6 Å². The molecule has 0 aliphatic heterocycles. The molecule has 0 aliphatic rings. The average Bonchev–Trinajstić information content (AvgIpc) is 2.71. The van der Waals surface area contributed by atoms with Crippen molar-refractivity contribution >= 4 is 0 Å². The van der Waals surface area contributed by atoms with Crippen molar-refractivity contribution in [2.24, 2.45) is 0 Å². The molecule has 0 N–H and O–H groups in total. The van der Waals surface area contributed by atoms with E-state index in [4.69, 9.17) is 4.74 Å². The Morgan fingerprint density at radius 1 is 1.11 bits per heavy atom. The normalized spacial score (nSPS) is 12.0. The van der Waals surface area contributed by atoms with Crippen molar-refractivity contribution in [3.63, 3.8) is 0 Å². The van der Waals surface area contributed by atoms with Gasteiger partial charge in [-0.25, -0.2) is 9.97 Å². The van der Waals surface area contributed by atoms with Crippen LogP contribution in [0.1, 0.15) is 55.4 Å². The Balaban J connectivity index is 1.75. The van der Waals surface area contributed by atoms with Gasteiger partial charge in [0.25, 0.3) is 5.56 Å². The number of hydrogen-bond acceptors (Lipinski definition) is 4. The molecule has 1 unspecified atom stereocenters. The SMILES string of the molecule is CCCCc1ccc(C(C)n2c(C)cc(OCc3ncccn3)cc2=O)cc1. The molecule has 28 heavy (non-hydrogen) atoms. The lowest BCUT2D eigenvalue weighted by atomic mass is 10.0. The van der Waals surface area contributed by atoms with Crippen LogP contribution in [-0.4, -0.2) is 14.5 Å². The van der Waals surface area contributed by atoms with E-state index in [-0.39, 0.29) is 18.2 Å². The number of hydrogen-bond donors (Lipinski definition) is 0. The zero-order valence-electron chi connectivity index (χ0n) is 16.8. The summed E-state index contributed by atoms with van der Waals surface area (Å²) in [5, 5.41) is 0. The molecule has 2 heterocycles. The predicted molar refractivity (Wildman–Crippen MR) is 111 cm³/mol. The molecule has 0 bridgehead atoms. The molecule has 0 amide bonds. The van der Waals surface area contributed by atoms with E-state index < -0.39 is 0 Å². The molecule has 0 saturated heterocycles. The molecule has 1 aromatic carbocycles. The Morgan fingerprint density at radius 2 is 1.82 bits per heavy atom. The molecule has 5 heteroatoms. The van der Waals surface area contributed by atoms with Crippen LogP contribution >= 0.6 is 0 Å². The van der Waals surface area contributed by atoms with Gasteiger partial charge >= 0.3 is 0 Å². The largest absolute Gasteiger partial charge is 0.485 e. The van der Waals surface area contributed by atoms with E-state index in [0.29, 0.717) is 11.6 Å². The van der Waals surface area contributed by atoms with Crippen LogP contribution < -0.4 is 10.3 Å². The van der Waals surface area contributed by atoms with Crippen LogP contribution in [0.3, 0.4) is 0 Å². The fourth-order valence-electron chi connectivity index (χ4n) is 3.31. The van der Waals surface area contributed by atoms with Crippen LogP contribution in [0, 0.1) is 6.92 Å². The quantitative estimate of drug-likeness (QED) is 0.581. The van der Waals surface area contributed by atoms with Crippen molar-refractivity contribution in [3.8, 4) is 5.75 Å². The summed E-state index contributed by atoms with van der Waals surface area (Å²) in [4.78, 5) is 21.0. The van der Waals surface area contributed by atoms with Gasteiger partial charge < -0.3 is 9.30 Å². The second kappa shape index (κ2) is 9.31. The van der Waals surface area contributed by atoms with Gasteiger partial charge in [-0.3, -0.25) is 4.79 Å². The van der Waals surface area contributed by atoms with E-state index in [2.05, 4.69) is 41.2 Å². The summed E-state index contributed by atoms with van der Waals surface area (Å²) < 4.78 is 7.51. The fraction of sp³-hybridized carbons (Fsp3) is 0.348. The van der Waals surface area contributed by atoms with E-state index in [9.17, 15) is 4.79 Å². The molecular formula is C23H27N3O2. The first-order valence-electron chi connectivity index (χ1n) is 9.79. The van der Waals surface area contributed by atoms with Crippen LogP contribution in [0.25, 0.3) is 0 Å². The third-order valence-electron chi connectivity index (χ3n) is 4.89. The molecule has 0 radical (unpaired) electrons. The van der Waals surface area contributed by atoms with Gasteiger partial charge in [-0.15, -0.1) is 0 Å². The summed E-state index contributed by atoms with van der Waals surface area (Å²) in [6, 6.07) is 13.7.